The van der Waals surface area contributed by atoms with E-state index in [0.717, 1.165) is 37.9 Å². The van der Waals surface area contributed by atoms with Gasteiger partial charge in [0, 0.05) is 11.8 Å². The summed E-state index contributed by atoms with van der Waals surface area (Å²) >= 11 is 0. The van der Waals surface area contributed by atoms with E-state index >= 15 is 0 Å². The predicted molar refractivity (Wildman–Crippen MR) is 87.7 cm³/mol. The number of unbranched alkanes of at least 4 members (excludes halogenated alkanes) is 1. The number of rotatable bonds is 7. The number of nitrogens with one attached hydrogen (secondary N) is 1. The van der Waals surface area contributed by atoms with Gasteiger partial charge >= 0.3 is 0 Å². The number of likely N-dealkylation sites (N-methyl/N-ethyl adjacent to an activating group) is 1. The van der Waals surface area contributed by atoms with Gasteiger partial charge in [-0.15, -0.1) is 0 Å². The molecule has 1 unspecified atom stereocenters. The van der Waals surface area contributed by atoms with Crippen molar-refractivity contribution in [3.8, 4) is 11.5 Å². The predicted octanol–water partition coefficient (Wildman–Crippen LogP) is 2.91. The number of hydrogen-bond acceptors (Lipinski definition) is 4. The van der Waals surface area contributed by atoms with E-state index in [1.165, 1.54) is 0 Å². The van der Waals surface area contributed by atoms with E-state index in [4.69, 9.17) is 9.47 Å². The van der Waals surface area contributed by atoms with Gasteiger partial charge in [-0.25, -0.2) is 0 Å². The number of benzene rings is 1. The Morgan fingerprint density at radius 1 is 1.41 bits per heavy atom. The number of anilines is 1. The first-order valence-electron chi connectivity index (χ1n) is 7.97. The van der Waals surface area contributed by atoms with Gasteiger partial charge in [-0.2, -0.15) is 0 Å². The van der Waals surface area contributed by atoms with Crippen LogP contribution in [0.15, 0.2) is 18.2 Å². The second-order valence-electron chi connectivity index (χ2n) is 5.70. The van der Waals surface area contributed by atoms with Crippen LogP contribution in [0.1, 0.15) is 32.6 Å². The number of carbonyl (C=O) groups excluding carboxylic acids is 1. The second-order valence-corrected chi connectivity index (χ2v) is 5.70. The van der Waals surface area contributed by atoms with Gasteiger partial charge in [0.1, 0.15) is 0 Å². The maximum absolute atomic E-state index is 12.3. The van der Waals surface area contributed by atoms with E-state index in [-0.39, 0.29) is 11.9 Å². The second kappa shape index (κ2) is 8.03. The molecule has 0 saturated carbocycles. The highest BCUT2D eigenvalue weighted by molar-refractivity contribution is 5.95. The minimum absolute atomic E-state index is 0.0356. The first-order valence-corrected chi connectivity index (χ1v) is 7.97. The normalized spacial score (nSPS) is 18.2. The van der Waals surface area contributed by atoms with Crippen LogP contribution in [0.25, 0.3) is 0 Å². The molecule has 1 fully saturated rings. The molecule has 0 spiro atoms. The van der Waals surface area contributed by atoms with Crippen LogP contribution in [0.4, 0.5) is 5.69 Å². The molecule has 1 aromatic carbocycles. The van der Waals surface area contributed by atoms with Crippen LogP contribution >= 0.6 is 0 Å². The third-order valence-electron chi connectivity index (χ3n) is 4.01. The SMILES string of the molecule is CCCCOc1cc(NC(=O)C2CCCN2C)ccc1OC. The molecule has 0 bridgehead atoms. The van der Waals surface area contributed by atoms with Crippen LogP contribution in [-0.4, -0.2) is 44.2 Å². The summed E-state index contributed by atoms with van der Waals surface area (Å²) in [4.78, 5) is 14.4. The van der Waals surface area contributed by atoms with Gasteiger partial charge in [-0.05, 0) is 45.0 Å². The highest BCUT2D eigenvalue weighted by atomic mass is 16.5. The lowest BCUT2D eigenvalue weighted by Gasteiger charge is -2.19. The van der Waals surface area contributed by atoms with E-state index in [0.29, 0.717) is 18.1 Å². The zero-order valence-electron chi connectivity index (χ0n) is 13.7. The van der Waals surface area contributed by atoms with Gasteiger partial charge < -0.3 is 14.8 Å². The lowest BCUT2D eigenvalue weighted by molar-refractivity contribution is -0.119. The molecule has 0 aliphatic carbocycles. The highest BCUT2D eigenvalue weighted by Gasteiger charge is 2.27. The van der Waals surface area contributed by atoms with Gasteiger partial charge in [-0.3, -0.25) is 9.69 Å². The van der Waals surface area contributed by atoms with Gasteiger partial charge in [0.25, 0.3) is 0 Å². The molecule has 1 atom stereocenters. The van der Waals surface area contributed by atoms with Crippen molar-refractivity contribution in [3.63, 3.8) is 0 Å². The number of methoxy groups -OCH3 is 1. The Hall–Kier alpha value is -1.75. The van der Waals surface area contributed by atoms with Crippen LogP contribution in [0, 0.1) is 0 Å². The molecule has 1 amide bonds. The maximum Gasteiger partial charge on any atom is 0.241 e. The summed E-state index contributed by atoms with van der Waals surface area (Å²) in [6, 6.07) is 5.47. The van der Waals surface area contributed by atoms with Crippen LogP contribution < -0.4 is 14.8 Å². The Balaban J connectivity index is 2.04. The summed E-state index contributed by atoms with van der Waals surface area (Å²) in [7, 11) is 3.61. The summed E-state index contributed by atoms with van der Waals surface area (Å²) in [5.41, 5.74) is 0.748. The third kappa shape index (κ3) is 4.13. The van der Waals surface area contributed by atoms with E-state index in [2.05, 4.69) is 17.1 Å². The monoisotopic (exact) mass is 306 g/mol. The molecule has 22 heavy (non-hydrogen) atoms. The van der Waals surface area contributed by atoms with E-state index in [1.807, 2.05) is 25.2 Å². The number of likely N-dealkylation sites (tertiary alicyclic amines) is 1. The Morgan fingerprint density at radius 2 is 2.23 bits per heavy atom. The number of carbonyl (C=O) groups is 1. The molecule has 1 aliphatic rings. The molecular formula is C17H26N2O3. The average Bonchev–Trinajstić information content (AvgIpc) is 2.94. The molecule has 1 heterocycles. The van der Waals surface area contributed by atoms with Crippen molar-refractivity contribution in [2.24, 2.45) is 0 Å². The minimum Gasteiger partial charge on any atom is -0.493 e. The molecule has 1 aliphatic heterocycles. The summed E-state index contributed by atoms with van der Waals surface area (Å²) < 4.78 is 11.1. The molecule has 5 nitrogen and oxygen atoms in total. The zero-order chi connectivity index (χ0) is 15.9. The summed E-state index contributed by atoms with van der Waals surface area (Å²) in [6.45, 7) is 3.75. The van der Waals surface area contributed by atoms with E-state index in [1.54, 1.807) is 7.11 Å². The minimum atomic E-state index is -0.0356. The Bertz CT molecular complexity index is 505. The number of nitrogens with zero attached hydrogens (tertiary/aromatic N) is 1. The molecule has 122 valence electrons. The van der Waals surface area contributed by atoms with Gasteiger partial charge in [0.2, 0.25) is 5.91 Å². The fourth-order valence-electron chi connectivity index (χ4n) is 2.66. The number of hydrogen-bond donors (Lipinski definition) is 1. The summed E-state index contributed by atoms with van der Waals surface area (Å²) in [6.07, 6.45) is 4.06. The third-order valence-corrected chi connectivity index (χ3v) is 4.01. The van der Waals surface area contributed by atoms with Crippen molar-refractivity contribution < 1.29 is 14.3 Å². The van der Waals surface area contributed by atoms with Crippen LogP contribution in [0.5, 0.6) is 11.5 Å². The topological polar surface area (TPSA) is 50.8 Å². The van der Waals surface area contributed by atoms with Crippen molar-refractivity contribution in [1.82, 2.24) is 4.90 Å². The maximum atomic E-state index is 12.3. The van der Waals surface area contributed by atoms with Gasteiger partial charge in [0.15, 0.2) is 11.5 Å². The molecular weight excluding hydrogens is 280 g/mol. The van der Waals surface area contributed by atoms with E-state index in [9.17, 15) is 4.79 Å². The largest absolute Gasteiger partial charge is 0.493 e. The average molecular weight is 306 g/mol. The quantitative estimate of drug-likeness (QED) is 0.787. The molecule has 0 aromatic heterocycles. The number of amides is 1. The van der Waals surface area contributed by atoms with Crippen molar-refractivity contribution >= 4 is 11.6 Å². The molecule has 1 N–H and O–H groups in total. The first kappa shape index (κ1) is 16.6. The Kier molecular flexibility index (Phi) is 6.07. The van der Waals surface area contributed by atoms with Crippen molar-refractivity contribution in [2.75, 3.05) is 32.6 Å². The van der Waals surface area contributed by atoms with Crippen molar-refractivity contribution in [2.45, 2.75) is 38.6 Å². The smallest absolute Gasteiger partial charge is 0.241 e. The Labute approximate surface area is 132 Å². The molecule has 1 saturated heterocycles. The summed E-state index contributed by atoms with van der Waals surface area (Å²) in [5, 5.41) is 2.98. The molecule has 1 aromatic rings. The first-order chi connectivity index (χ1) is 10.7. The van der Waals surface area contributed by atoms with E-state index < -0.39 is 0 Å². The summed E-state index contributed by atoms with van der Waals surface area (Å²) in [5.74, 6) is 1.41. The van der Waals surface area contributed by atoms with Crippen LogP contribution in [0.3, 0.4) is 0 Å². The standard InChI is InChI=1S/C17H26N2O3/c1-4-5-11-22-16-12-13(8-9-15(16)21-3)18-17(20)14-7-6-10-19(14)2/h8-9,12,14H,4-7,10-11H2,1-3H3,(H,18,20). The van der Waals surface area contributed by atoms with Gasteiger partial charge in [-0.1, -0.05) is 13.3 Å². The Morgan fingerprint density at radius 3 is 2.86 bits per heavy atom. The lowest BCUT2D eigenvalue weighted by Crippen LogP contribution is -2.37. The van der Waals surface area contributed by atoms with Gasteiger partial charge in [0.05, 0.1) is 19.8 Å². The van der Waals surface area contributed by atoms with Crippen molar-refractivity contribution in [1.29, 1.82) is 0 Å². The number of ether oxygens (including phenoxy) is 2. The molecule has 5 heteroatoms. The van der Waals surface area contributed by atoms with Crippen molar-refractivity contribution in [3.05, 3.63) is 18.2 Å². The fraction of sp³-hybridized carbons (Fsp3) is 0.588. The lowest BCUT2D eigenvalue weighted by atomic mass is 10.2. The highest BCUT2D eigenvalue weighted by Crippen LogP contribution is 2.30. The molecule has 2 rings (SSSR count). The fourth-order valence-corrected chi connectivity index (χ4v) is 2.66. The zero-order valence-corrected chi connectivity index (χ0v) is 13.7. The van der Waals surface area contributed by atoms with Crippen LogP contribution in [-0.2, 0) is 4.79 Å². The molecule has 0 radical (unpaired) electrons. The van der Waals surface area contributed by atoms with Crippen LogP contribution in [0.2, 0.25) is 0 Å².